The molecule has 1 nitrogen and oxygen atoms in total. The fraction of sp³-hybridized carbons (Fsp3) is 0.125. The van der Waals surface area contributed by atoms with E-state index in [2.05, 4.69) is 67.6 Å². The molecule has 0 unspecified atom stereocenters. The van der Waals surface area contributed by atoms with Gasteiger partial charge in [-0.15, -0.1) is 11.3 Å². The Morgan fingerprint density at radius 3 is 2.75 bits per heavy atom. The second-order valence-electron chi connectivity index (χ2n) is 4.43. The Morgan fingerprint density at radius 2 is 1.90 bits per heavy atom. The van der Waals surface area contributed by atoms with Gasteiger partial charge in [0, 0.05) is 20.1 Å². The fourth-order valence-electron chi connectivity index (χ4n) is 2.05. The molecule has 0 N–H and O–H groups in total. The van der Waals surface area contributed by atoms with E-state index >= 15 is 0 Å². The number of halogens is 2. The van der Waals surface area contributed by atoms with Crippen LogP contribution >= 0.6 is 43.2 Å². The fourth-order valence-corrected chi connectivity index (χ4v) is 4.22. The normalized spacial score (nSPS) is 10.9. The van der Waals surface area contributed by atoms with Gasteiger partial charge in [-0.05, 0) is 40.6 Å². The van der Waals surface area contributed by atoms with Crippen LogP contribution < -0.4 is 4.74 Å². The van der Waals surface area contributed by atoms with Crippen molar-refractivity contribution in [2.45, 2.75) is 11.9 Å². The highest BCUT2D eigenvalue weighted by molar-refractivity contribution is 9.10. The third kappa shape index (κ3) is 2.92. The molecule has 20 heavy (non-hydrogen) atoms. The minimum absolute atomic E-state index is 0.605. The van der Waals surface area contributed by atoms with Crippen molar-refractivity contribution in [1.29, 1.82) is 0 Å². The molecule has 0 bridgehead atoms. The number of hydrogen-bond donors (Lipinski definition) is 0. The van der Waals surface area contributed by atoms with E-state index in [4.69, 9.17) is 4.74 Å². The average Bonchev–Trinajstić information content (AvgIpc) is 2.90. The number of hydrogen-bond acceptors (Lipinski definition) is 2. The zero-order valence-electron chi connectivity index (χ0n) is 10.6. The highest BCUT2D eigenvalue weighted by Crippen LogP contribution is 2.28. The van der Waals surface area contributed by atoms with E-state index in [1.54, 1.807) is 11.3 Å². The van der Waals surface area contributed by atoms with Gasteiger partial charge in [0.15, 0.2) is 0 Å². The first-order chi connectivity index (χ1) is 9.78. The molecule has 0 amide bonds. The molecule has 2 aromatic carbocycles. The third-order valence-electron chi connectivity index (χ3n) is 3.12. The van der Waals surface area contributed by atoms with Crippen molar-refractivity contribution in [1.82, 2.24) is 0 Å². The maximum Gasteiger partial charge on any atom is 0.120 e. The second kappa shape index (κ2) is 6.29. The summed E-state index contributed by atoms with van der Waals surface area (Å²) in [6, 6.07) is 14.5. The van der Waals surface area contributed by atoms with Crippen molar-refractivity contribution < 1.29 is 4.74 Å². The van der Waals surface area contributed by atoms with Crippen LogP contribution in [-0.2, 0) is 11.9 Å². The molecular weight excluding hydrogens is 400 g/mol. The topological polar surface area (TPSA) is 9.23 Å². The minimum atomic E-state index is 0.605. The lowest BCUT2D eigenvalue weighted by molar-refractivity contribution is 0.308. The Balaban J connectivity index is 1.79. The average molecular weight is 412 g/mol. The molecule has 0 radical (unpaired) electrons. The van der Waals surface area contributed by atoms with Gasteiger partial charge in [-0.3, -0.25) is 0 Å². The first kappa shape index (κ1) is 14.1. The molecule has 0 aliphatic rings. The van der Waals surface area contributed by atoms with Crippen molar-refractivity contribution in [3.8, 4) is 5.75 Å². The maximum absolute atomic E-state index is 5.92. The van der Waals surface area contributed by atoms with Crippen LogP contribution in [0.5, 0.6) is 5.75 Å². The van der Waals surface area contributed by atoms with Gasteiger partial charge in [0.1, 0.15) is 12.4 Å². The molecule has 102 valence electrons. The standard InChI is InChI=1S/C16H12Br2OS/c17-8-11-7-13(5-6-15(11)18)19-9-12-10-20-16-4-2-1-3-14(12)16/h1-7,10H,8-9H2. The van der Waals surface area contributed by atoms with Crippen molar-refractivity contribution in [3.05, 3.63) is 63.4 Å². The summed E-state index contributed by atoms with van der Waals surface area (Å²) in [5.74, 6) is 0.901. The van der Waals surface area contributed by atoms with E-state index in [9.17, 15) is 0 Å². The quantitative estimate of drug-likeness (QED) is 0.468. The summed E-state index contributed by atoms with van der Waals surface area (Å²) in [5.41, 5.74) is 2.44. The highest BCUT2D eigenvalue weighted by Gasteiger charge is 2.05. The predicted octanol–water partition coefficient (Wildman–Crippen LogP) is 6.14. The molecule has 0 atom stereocenters. The van der Waals surface area contributed by atoms with Crippen molar-refractivity contribution in [2.24, 2.45) is 0 Å². The van der Waals surface area contributed by atoms with Crippen LogP contribution in [-0.4, -0.2) is 0 Å². The predicted molar refractivity (Wildman–Crippen MR) is 92.9 cm³/mol. The van der Waals surface area contributed by atoms with Gasteiger partial charge >= 0.3 is 0 Å². The summed E-state index contributed by atoms with van der Waals surface area (Å²) in [6.07, 6.45) is 0. The molecule has 3 rings (SSSR count). The van der Waals surface area contributed by atoms with Crippen molar-refractivity contribution in [2.75, 3.05) is 0 Å². The summed E-state index contributed by atoms with van der Waals surface area (Å²) >= 11 is 8.77. The van der Waals surface area contributed by atoms with Gasteiger partial charge in [-0.2, -0.15) is 0 Å². The van der Waals surface area contributed by atoms with E-state index in [0.29, 0.717) is 6.61 Å². The zero-order valence-corrected chi connectivity index (χ0v) is 14.6. The molecule has 0 aliphatic carbocycles. The van der Waals surface area contributed by atoms with E-state index in [1.165, 1.54) is 21.2 Å². The van der Waals surface area contributed by atoms with Crippen LogP contribution in [0.3, 0.4) is 0 Å². The Hall–Kier alpha value is -0.840. The van der Waals surface area contributed by atoms with Crippen LogP contribution in [0.2, 0.25) is 0 Å². The molecular formula is C16H12Br2OS. The summed E-state index contributed by atoms with van der Waals surface area (Å²) in [7, 11) is 0. The number of fused-ring (bicyclic) bond motifs is 1. The Labute approximate surface area is 138 Å². The molecule has 3 aromatic rings. The Bertz CT molecular complexity index is 736. The molecule has 0 spiro atoms. The lowest BCUT2D eigenvalue weighted by atomic mass is 10.2. The van der Waals surface area contributed by atoms with Crippen LogP contribution in [0, 0.1) is 0 Å². The highest BCUT2D eigenvalue weighted by atomic mass is 79.9. The molecule has 0 saturated heterocycles. The molecule has 0 fully saturated rings. The first-order valence-corrected chi connectivity index (χ1v) is 8.99. The van der Waals surface area contributed by atoms with Crippen molar-refractivity contribution in [3.63, 3.8) is 0 Å². The minimum Gasteiger partial charge on any atom is -0.489 e. The molecule has 4 heteroatoms. The summed E-state index contributed by atoms with van der Waals surface area (Å²) < 4.78 is 8.33. The monoisotopic (exact) mass is 410 g/mol. The van der Waals surface area contributed by atoms with Gasteiger partial charge in [0.2, 0.25) is 0 Å². The number of benzene rings is 2. The van der Waals surface area contributed by atoms with E-state index in [0.717, 1.165) is 15.6 Å². The van der Waals surface area contributed by atoms with Crippen LogP contribution in [0.15, 0.2) is 52.3 Å². The van der Waals surface area contributed by atoms with E-state index in [-0.39, 0.29) is 0 Å². The van der Waals surface area contributed by atoms with Crippen molar-refractivity contribution >= 4 is 53.3 Å². The number of ether oxygens (including phenoxy) is 1. The number of alkyl halides is 1. The SMILES string of the molecule is BrCc1cc(OCc2csc3ccccc23)ccc1Br. The van der Waals surface area contributed by atoms with Gasteiger partial charge in [0.25, 0.3) is 0 Å². The van der Waals surface area contributed by atoms with Gasteiger partial charge in [0.05, 0.1) is 0 Å². The Morgan fingerprint density at radius 1 is 1.05 bits per heavy atom. The number of rotatable bonds is 4. The van der Waals surface area contributed by atoms with Gasteiger partial charge in [-0.25, -0.2) is 0 Å². The zero-order chi connectivity index (χ0) is 13.9. The maximum atomic E-state index is 5.92. The molecule has 0 aliphatic heterocycles. The largest absolute Gasteiger partial charge is 0.489 e. The van der Waals surface area contributed by atoms with Gasteiger partial charge in [-0.1, -0.05) is 50.1 Å². The summed E-state index contributed by atoms with van der Waals surface area (Å²) in [4.78, 5) is 0. The smallest absolute Gasteiger partial charge is 0.120 e. The number of thiophene rings is 1. The lowest BCUT2D eigenvalue weighted by Gasteiger charge is -2.08. The summed E-state index contributed by atoms with van der Waals surface area (Å²) in [5, 5.41) is 4.27. The Kier molecular flexibility index (Phi) is 4.44. The molecule has 1 aromatic heterocycles. The summed E-state index contributed by atoms with van der Waals surface area (Å²) in [6.45, 7) is 0.605. The van der Waals surface area contributed by atoms with Gasteiger partial charge < -0.3 is 4.74 Å². The molecule has 0 saturated carbocycles. The lowest BCUT2D eigenvalue weighted by Crippen LogP contribution is -1.95. The van der Waals surface area contributed by atoms with Crippen LogP contribution in [0.1, 0.15) is 11.1 Å². The molecule has 1 heterocycles. The second-order valence-corrected chi connectivity index (χ2v) is 6.76. The third-order valence-corrected chi connectivity index (χ3v) is 5.51. The van der Waals surface area contributed by atoms with Crippen LogP contribution in [0.4, 0.5) is 0 Å². The van der Waals surface area contributed by atoms with Crippen LogP contribution in [0.25, 0.3) is 10.1 Å². The van der Waals surface area contributed by atoms with E-state index < -0.39 is 0 Å². The first-order valence-electron chi connectivity index (χ1n) is 6.20. The van der Waals surface area contributed by atoms with E-state index in [1.807, 2.05) is 12.1 Å².